The van der Waals surface area contributed by atoms with E-state index < -0.39 is 10.0 Å². The van der Waals surface area contributed by atoms with Gasteiger partial charge >= 0.3 is 0 Å². The number of aromatic nitrogens is 1. The smallest absolute Gasteiger partial charge is 0.241 e. The van der Waals surface area contributed by atoms with Gasteiger partial charge in [0, 0.05) is 55.3 Å². The van der Waals surface area contributed by atoms with Crippen LogP contribution in [0.4, 0.5) is 0 Å². The predicted octanol–water partition coefficient (Wildman–Crippen LogP) is 0.688. The van der Waals surface area contributed by atoms with E-state index in [9.17, 15) is 13.2 Å². The summed E-state index contributed by atoms with van der Waals surface area (Å²) >= 11 is 0. The topological polar surface area (TPSA) is 100 Å². The molecule has 134 valence electrons. The molecule has 7 nitrogen and oxygen atoms in total. The minimum atomic E-state index is -3.65. The summed E-state index contributed by atoms with van der Waals surface area (Å²) in [6.45, 7) is 4.35. The van der Waals surface area contributed by atoms with E-state index in [1.54, 1.807) is 24.5 Å². The Labute approximate surface area is 147 Å². The van der Waals surface area contributed by atoms with Crippen LogP contribution < -0.4 is 15.4 Å². The number of carbonyl (C=O) groups is 1. The minimum Gasteiger partial charge on any atom is -0.355 e. The Balaban J connectivity index is 1.79. The molecular formula is C17H22N4O3S. The monoisotopic (exact) mass is 362 g/mol. The van der Waals surface area contributed by atoms with Crippen LogP contribution in [0.25, 0.3) is 10.8 Å². The average Bonchev–Trinajstić information content (AvgIpc) is 2.99. The molecule has 1 amide bonds. The molecule has 0 saturated carbocycles. The van der Waals surface area contributed by atoms with Gasteiger partial charge in [-0.25, -0.2) is 13.1 Å². The van der Waals surface area contributed by atoms with Crippen molar-refractivity contribution in [1.82, 2.24) is 20.3 Å². The van der Waals surface area contributed by atoms with Crippen LogP contribution in [0.3, 0.4) is 0 Å². The van der Waals surface area contributed by atoms with Gasteiger partial charge < -0.3 is 10.6 Å². The van der Waals surface area contributed by atoms with Gasteiger partial charge in [-0.3, -0.25) is 9.78 Å². The maximum atomic E-state index is 12.9. The Kier molecular flexibility index (Phi) is 5.03. The van der Waals surface area contributed by atoms with E-state index in [0.717, 1.165) is 10.9 Å². The van der Waals surface area contributed by atoms with Crippen LogP contribution in [-0.4, -0.2) is 44.5 Å². The van der Waals surface area contributed by atoms with Gasteiger partial charge in [-0.2, -0.15) is 0 Å². The van der Waals surface area contributed by atoms with Crippen molar-refractivity contribution in [2.45, 2.75) is 37.2 Å². The molecule has 3 rings (SSSR count). The molecule has 1 aromatic carbocycles. The molecule has 2 unspecified atom stereocenters. The second-order valence-electron chi connectivity index (χ2n) is 6.41. The van der Waals surface area contributed by atoms with Crippen molar-refractivity contribution in [2.75, 3.05) is 13.1 Å². The van der Waals surface area contributed by atoms with Gasteiger partial charge in [0.2, 0.25) is 15.9 Å². The van der Waals surface area contributed by atoms with Crippen molar-refractivity contribution in [1.29, 1.82) is 0 Å². The van der Waals surface area contributed by atoms with Gasteiger partial charge in [0.15, 0.2) is 0 Å². The second kappa shape index (κ2) is 7.07. The van der Waals surface area contributed by atoms with Gasteiger partial charge in [0.25, 0.3) is 0 Å². The third kappa shape index (κ3) is 3.97. The first-order chi connectivity index (χ1) is 11.9. The van der Waals surface area contributed by atoms with Gasteiger partial charge in [-0.15, -0.1) is 0 Å². The number of aryl methyl sites for hydroxylation is 1. The third-order valence-corrected chi connectivity index (χ3v) is 5.93. The Morgan fingerprint density at radius 1 is 1.36 bits per heavy atom. The summed E-state index contributed by atoms with van der Waals surface area (Å²) in [6, 6.07) is 5.06. The number of hydrogen-bond donors (Lipinski definition) is 3. The molecule has 0 aliphatic carbocycles. The van der Waals surface area contributed by atoms with Crippen molar-refractivity contribution < 1.29 is 13.2 Å². The second-order valence-corrected chi connectivity index (χ2v) is 8.09. The van der Waals surface area contributed by atoms with Gasteiger partial charge in [0.1, 0.15) is 0 Å². The predicted molar refractivity (Wildman–Crippen MR) is 95.7 cm³/mol. The fourth-order valence-corrected chi connectivity index (χ4v) is 4.76. The molecule has 2 heterocycles. The summed E-state index contributed by atoms with van der Waals surface area (Å²) in [5, 5.41) is 7.48. The van der Waals surface area contributed by atoms with Crippen LogP contribution in [0.2, 0.25) is 0 Å². The zero-order chi connectivity index (χ0) is 18.0. The molecule has 25 heavy (non-hydrogen) atoms. The summed E-state index contributed by atoms with van der Waals surface area (Å²) in [4.78, 5) is 15.4. The maximum absolute atomic E-state index is 12.9. The highest BCUT2D eigenvalue weighted by molar-refractivity contribution is 7.89. The number of carbonyl (C=O) groups excluding carboxylic acids is 1. The molecule has 2 aromatic rings. The Morgan fingerprint density at radius 3 is 2.92 bits per heavy atom. The van der Waals surface area contributed by atoms with Gasteiger partial charge in [-0.1, -0.05) is 12.1 Å². The number of sulfonamides is 1. The highest BCUT2D eigenvalue weighted by Crippen LogP contribution is 2.25. The number of hydrogen-bond acceptors (Lipinski definition) is 5. The van der Waals surface area contributed by atoms with Crippen LogP contribution in [-0.2, 0) is 14.8 Å². The Bertz CT molecular complexity index is 893. The first kappa shape index (κ1) is 17.8. The molecule has 1 aliphatic heterocycles. The maximum Gasteiger partial charge on any atom is 0.241 e. The summed E-state index contributed by atoms with van der Waals surface area (Å²) in [5.41, 5.74) is 0.826. The fraction of sp³-hybridized carbons (Fsp3) is 0.412. The van der Waals surface area contributed by atoms with Gasteiger partial charge in [-0.05, 0) is 25.0 Å². The minimum absolute atomic E-state index is 0.0649. The highest BCUT2D eigenvalue weighted by atomic mass is 32.2. The largest absolute Gasteiger partial charge is 0.355 e. The number of rotatable bonds is 5. The molecule has 8 heteroatoms. The summed E-state index contributed by atoms with van der Waals surface area (Å²) in [5.74, 6) is -0.0920. The van der Waals surface area contributed by atoms with Crippen LogP contribution >= 0.6 is 0 Å². The number of nitrogens with zero attached hydrogens (tertiary/aromatic N) is 1. The lowest BCUT2D eigenvalue weighted by atomic mass is 10.1. The number of nitrogens with one attached hydrogen (secondary N) is 3. The molecule has 1 aliphatic rings. The lowest BCUT2D eigenvalue weighted by Crippen LogP contribution is -2.36. The van der Waals surface area contributed by atoms with E-state index >= 15 is 0 Å². The zero-order valence-corrected chi connectivity index (χ0v) is 15.1. The molecule has 0 bridgehead atoms. The van der Waals surface area contributed by atoms with E-state index in [-0.39, 0.29) is 22.9 Å². The van der Waals surface area contributed by atoms with Crippen LogP contribution in [0.5, 0.6) is 0 Å². The molecule has 0 radical (unpaired) electrons. The van der Waals surface area contributed by atoms with Crippen LogP contribution in [0, 0.1) is 6.92 Å². The summed E-state index contributed by atoms with van der Waals surface area (Å²) in [7, 11) is -3.65. The van der Waals surface area contributed by atoms with E-state index in [0.29, 0.717) is 24.9 Å². The van der Waals surface area contributed by atoms with E-state index in [1.807, 2.05) is 13.0 Å². The van der Waals surface area contributed by atoms with E-state index in [2.05, 4.69) is 20.3 Å². The van der Waals surface area contributed by atoms with Gasteiger partial charge in [0.05, 0.1) is 4.90 Å². The quantitative estimate of drug-likeness (QED) is 0.727. The fourth-order valence-electron chi connectivity index (χ4n) is 3.21. The molecule has 1 fully saturated rings. The van der Waals surface area contributed by atoms with Crippen molar-refractivity contribution in [3.8, 4) is 0 Å². The molecule has 1 aromatic heterocycles. The average molecular weight is 362 g/mol. The molecule has 1 saturated heterocycles. The van der Waals surface area contributed by atoms with E-state index in [4.69, 9.17) is 0 Å². The normalized spacial score (nSPS) is 20.7. The first-order valence-electron chi connectivity index (χ1n) is 8.20. The van der Waals surface area contributed by atoms with Crippen molar-refractivity contribution in [3.63, 3.8) is 0 Å². The number of benzene rings is 1. The van der Waals surface area contributed by atoms with Crippen LogP contribution in [0.1, 0.15) is 18.9 Å². The van der Waals surface area contributed by atoms with Crippen molar-refractivity contribution in [2.24, 2.45) is 0 Å². The van der Waals surface area contributed by atoms with Crippen molar-refractivity contribution in [3.05, 3.63) is 36.2 Å². The number of amides is 1. The molecule has 2 atom stereocenters. The SMILES string of the molecule is CC(=O)NCC1CC(NS(=O)(=O)c2cccc3cncc(C)c23)CN1. The first-order valence-corrected chi connectivity index (χ1v) is 9.68. The Hall–Kier alpha value is -2.03. The highest BCUT2D eigenvalue weighted by Gasteiger charge is 2.29. The standard InChI is InChI=1S/C17H22N4O3S/c1-11-7-18-8-13-4-3-5-16(17(11)13)25(23,24)21-15-6-14(20-10-15)9-19-12(2)22/h3-5,7-8,14-15,20-21H,6,9-10H2,1-2H3,(H,19,22). The summed E-state index contributed by atoms with van der Waals surface area (Å²) in [6.07, 6.45) is 3.97. The molecule has 0 spiro atoms. The van der Waals surface area contributed by atoms with E-state index in [1.165, 1.54) is 6.92 Å². The third-order valence-electron chi connectivity index (χ3n) is 4.37. The zero-order valence-electron chi connectivity index (χ0n) is 14.2. The Morgan fingerprint density at radius 2 is 2.16 bits per heavy atom. The number of pyridine rings is 1. The van der Waals surface area contributed by atoms with Crippen molar-refractivity contribution >= 4 is 26.7 Å². The number of fused-ring (bicyclic) bond motifs is 1. The molecular weight excluding hydrogens is 340 g/mol. The van der Waals surface area contributed by atoms with Crippen LogP contribution in [0.15, 0.2) is 35.5 Å². The lowest BCUT2D eigenvalue weighted by Gasteiger charge is -2.15. The summed E-state index contributed by atoms with van der Waals surface area (Å²) < 4.78 is 28.6. The molecule has 3 N–H and O–H groups in total. The lowest BCUT2D eigenvalue weighted by molar-refractivity contribution is -0.119.